The van der Waals surface area contributed by atoms with Gasteiger partial charge >= 0.3 is 11.8 Å². The molecule has 0 aliphatic rings. The molecule has 2 N–H and O–H groups in total. The topological polar surface area (TPSA) is 84.7 Å². The van der Waals surface area contributed by atoms with Gasteiger partial charge in [-0.15, -0.1) is 0 Å². The van der Waals surface area contributed by atoms with Crippen molar-refractivity contribution < 1.29 is 14.3 Å². The molecule has 0 aliphatic carbocycles. The molecule has 0 saturated carbocycles. The SMILES string of the molecule is COCCCNC(=O)C(=O)N/N=C\c1cc(C)n(-c2cc(C)ccc2C)c1C. The number of hydrogen-bond acceptors (Lipinski definition) is 4. The molecule has 1 aromatic carbocycles. The number of amides is 2. The van der Waals surface area contributed by atoms with Crippen LogP contribution < -0.4 is 10.7 Å². The van der Waals surface area contributed by atoms with Crippen LogP contribution in [0.4, 0.5) is 0 Å². The van der Waals surface area contributed by atoms with Crippen LogP contribution in [0.3, 0.4) is 0 Å². The van der Waals surface area contributed by atoms with Gasteiger partial charge in [0, 0.05) is 42.9 Å². The van der Waals surface area contributed by atoms with Crippen LogP contribution in [0.25, 0.3) is 5.69 Å². The molecule has 0 aliphatic heterocycles. The molecular weight excluding hydrogens is 356 g/mol. The summed E-state index contributed by atoms with van der Waals surface area (Å²) in [6.07, 6.45) is 2.20. The fourth-order valence-corrected chi connectivity index (χ4v) is 2.96. The number of methoxy groups -OCH3 is 1. The Hall–Kier alpha value is -2.93. The van der Waals surface area contributed by atoms with E-state index in [1.807, 2.05) is 19.9 Å². The first-order valence-corrected chi connectivity index (χ1v) is 9.22. The quantitative estimate of drug-likeness (QED) is 0.332. The molecule has 0 atom stereocenters. The molecule has 150 valence electrons. The van der Waals surface area contributed by atoms with Crippen molar-refractivity contribution in [2.75, 3.05) is 20.3 Å². The summed E-state index contributed by atoms with van der Waals surface area (Å²) < 4.78 is 7.05. The molecule has 1 heterocycles. The molecule has 7 heteroatoms. The van der Waals surface area contributed by atoms with E-state index in [1.165, 1.54) is 11.1 Å². The number of aromatic nitrogens is 1. The molecule has 28 heavy (non-hydrogen) atoms. The second-order valence-corrected chi connectivity index (χ2v) is 6.75. The van der Waals surface area contributed by atoms with Crippen molar-refractivity contribution in [3.8, 4) is 5.69 Å². The largest absolute Gasteiger partial charge is 0.385 e. The summed E-state index contributed by atoms with van der Waals surface area (Å²) in [4.78, 5) is 23.5. The lowest BCUT2D eigenvalue weighted by Crippen LogP contribution is -2.38. The monoisotopic (exact) mass is 384 g/mol. The van der Waals surface area contributed by atoms with Crippen molar-refractivity contribution in [3.05, 3.63) is 52.3 Å². The summed E-state index contributed by atoms with van der Waals surface area (Å²) in [6, 6.07) is 8.33. The molecule has 0 radical (unpaired) electrons. The van der Waals surface area contributed by atoms with Gasteiger partial charge in [0.05, 0.1) is 6.21 Å². The first-order valence-electron chi connectivity index (χ1n) is 9.22. The third-order valence-corrected chi connectivity index (χ3v) is 4.46. The van der Waals surface area contributed by atoms with Crippen LogP contribution in [0, 0.1) is 27.7 Å². The average Bonchev–Trinajstić information content (AvgIpc) is 2.94. The molecule has 2 rings (SSSR count). The Morgan fingerprint density at radius 2 is 1.89 bits per heavy atom. The molecule has 2 aromatic rings. The number of rotatable bonds is 7. The van der Waals surface area contributed by atoms with Gasteiger partial charge in [0.25, 0.3) is 0 Å². The first kappa shape index (κ1) is 21.4. The Kier molecular flexibility index (Phi) is 7.52. The van der Waals surface area contributed by atoms with Gasteiger partial charge in [0.2, 0.25) is 0 Å². The summed E-state index contributed by atoms with van der Waals surface area (Å²) >= 11 is 0. The molecule has 2 amide bonds. The predicted molar refractivity (Wildman–Crippen MR) is 110 cm³/mol. The Morgan fingerprint density at radius 1 is 1.14 bits per heavy atom. The number of ether oxygens (including phenoxy) is 1. The van der Waals surface area contributed by atoms with Gasteiger partial charge in [0.1, 0.15) is 0 Å². The maximum absolute atomic E-state index is 11.8. The van der Waals surface area contributed by atoms with E-state index >= 15 is 0 Å². The van der Waals surface area contributed by atoms with Crippen molar-refractivity contribution in [1.29, 1.82) is 0 Å². The molecule has 0 bridgehead atoms. The van der Waals surface area contributed by atoms with Gasteiger partial charge < -0.3 is 14.6 Å². The fraction of sp³-hybridized carbons (Fsp3) is 0.381. The molecule has 0 spiro atoms. The predicted octanol–water partition coefficient (Wildman–Crippen LogP) is 2.31. The van der Waals surface area contributed by atoms with Crippen molar-refractivity contribution in [3.63, 3.8) is 0 Å². The second kappa shape index (κ2) is 9.85. The number of carbonyl (C=O) groups is 2. The van der Waals surface area contributed by atoms with E-state index in [4.69, 9.17) is 4.74 Å². The normalized spacial score (nSPS) is 11.0. The third-order valence-electron chi connectivity index (χ3n) is 4.46. The van der Waals surface area contributed by atoms with E-state index in [0.29, 0.717) is 19.6 Å². The lowest BCUT2D eigenvalue weighted by atomic mass is 10.1. The van der Waals surface area contributed by atoms with Gasteiger partial charge in [-0.3, -0.25) is 9.59 Å². The third kappa shape index (κ3) is 5.29. The summed E-state index contributed by atoms with van der Waals surface area (Å²) in [6.45, 7) is 9.07. The molecule has 7 nitrogen and oxygen atoms in total. The van der Waals surface area contributed by atoms with E-state index in [9.17, 15) is 9.59 Å². The number of aryl methyl sites for hydroxylation is 3. The zero-order valence-electron chi connectivity index (χ0n) is 17.1. The van der Waals surface area contributed by atoms with Gasteiger partial charge in [-0.1, -0.05) is 12.1 Å². The minimum atomic E-state index is -0.794. The van der Waals surface area contributed by atoms with Crippen LogP contribution in [0.2, 0.25) is 0 Å². The van der Waals surface area contributed by atoms with E-state index in [0.717, 1.165) is 22.6 Å². The van der Waals surface area contributed by atoms with E-state index in [-0.39, 0.29) is 0 Å². The number of benzene rings is 1. The number of hydrogen-bond donors (Lipinski definition) is 2. The molecule has 0 fully saturated rings. The van der Waals surface area contributed by atoms with Gasteiger partial charge in [-0.2, -0.15) is 5.10 Å². The highest BCUT2D eigenvalue weighted by Crippen LogP contribution is 2.23. The van der Waals surface area contributed by atoms with Crippen LogP contribution in [0.1, 0.15) is 34.5 Å². The van der Waals surface area contributed by atoms with Gasteiger partial charge in [-0.05, 0) is 57.4 Å². The van der Waals surface area contributed by atoms with E-state index < -0.39 is 11.8 Å². The summed E-state index contributed by atoms with van der Waals surface area (Å²) in [5.41, 5.74) is 8.69. The Morgan fingerprint density at radius 3 is 2.61 bits per heavy atom. The van der Waals surface area contributed by atoms with Crippen LogP contribution >= 0.6 is 0 Å². The molecular formula is C21H28N4O3. The molecule has 0 unspecified atom stereocenters. The maximum atomic E-state index is 11.8. The average molecular weight is 384 g/mol. The van der Waals surface area contributed by atoms with Crippen molar-refractivity contribution in [2.45, 2.75) is 34.1 Å². The Balaban J connectivity index is 2.06. The number of hydrazone groups is 1. The van der Waals surface area contributed by atoms with Crippen molar-refractivity contribution in [1.82, 2.24) is 15.3 Å². The zero-order chi connectivity index (χ0) is 20.7. The first-order chi connectivity index (χ1) is 13.3. The van der Waals surface area contributed by atoms with E-state index in [1.54, 1.807) is 13.3 Å². The standard InChI is InChI=1S/C21H28N4O3/c1-14-7-8-15(2)19(11-14)25-16(3)12-18(17(25)4)13-23-24-21(27)20(26)22-9-6-10-28-5/h7-8,11-13H,6,9-10H2,1-5H3,(H,22,26)(H,24,27)/b23-13-. The van der Waals surface area contributed by atoms with Gasteiger partial charge in [-0.25, -0.2) is 5.43 Å². The van der Waals surface area contributed by atoms with Gasteiger partial charge in [0.15, 0.2) is 0 Å². The number of nitrogens with one attached hydrogen (secondary N) is 2. The lowest BCUT2D eigenvalue weighted by molar-refractivity contribution is -0.139. The summed E-state index contributed by atoms with van der Waals surface area (Å²) in [7, 11) is 1.58. The fourth-order valence-electron chi connectivity index (χ4n) is 2.96. The highest BCUT2D eigenvalue weighted by molar-refractivity contribution is 6.35. The smallest absolute Gasteiger partial charge is 0.329 e. The molecule has 1 aromatic heterocycles. The maximum Gasteiger partial charge on any atom is 0.329 e. The minimum absolute atomic E-state index is 0.376. The van der Waals surface area contributed by atoms with Crippen LogP contribution in [-0.2, 0) is 14.3 Å². The van der Waals surface area contributed by atoms with Crippen LogP contribution in [0.5, 0.6) is 0 Å². The highest BCUT2D eigenvalue weighted by atomic mass is 16.5. The second-order valence-electron chi connectivity index (χ2n) is 6.75. The summed E-state index contributed by atoms with van der Waals surface area (Å²) in [5.74, 6) is -1.51. The zero-order valence-corrected chi connectivity index (χ0v) is 17.1. The van der Waals surface area contributed by atoms with E-state index in [2.05, 4.69) is 52.5 Å². The van der Waals surface area contributed by atoms with Crippen LogP contribution in [0.15, 0.2) is 29.4 Å². The minimum Gasteiger partial charge on any atom is -0.385 e. The number of carbonyl (C=O) groups excluding carboxylic acids is 2. The molecule has 0 saturated heterocycles. The number of nitrogens with zero attached hydrogens (tertiary/aromatic N) is 2. The van der Waals surface area contributed by atoms with Crippen molar-refractivity contribution in [2.24, 2.45) is 5.10 Å². The van der Waals surface area contributed by atoms with Crippen molar-refractivity contribution >= 4 is 18.0 Å². The Labute approximate surface area is 165 Å². The Bertz CT molecular complexity index is 884. The lowest BCUT2D eigenvalue weighted by Gasteiger charge is -2.13. The van der Waals surface area contributed by atoms with Crippen LogP contribution in [-0.4, -0.2) is 42.9 Å². The highest BCUT2D eigenvalue weighted by Gasteiger charge is 2.13. The summed E-state index contributed by atoms with van der Waals surface area (Å²) in [5, 5.41) is 6.45.